The molecule has 140 valence electrons. The monoisotopic (exact) mass is 368 g/mol. The summed E-state index contributed by atoms with van der Waals surface area (Å²) in [6.07, 6.45) is 3.29. The zero-order valence-corrected chi connectivity index (χ0v) is 15.3. The van der Waals surface area contributed by atoms with Gasteiger partial charge in [-0.05, 0) is 44.0 Å². The van der Waals surface area contributed by atoms with Gasteiger partial charge in [-0.2, -0.15) is 5.10 Å². The van der Waals surface area contributed by atoms with Crippen molar-refractivity contribution in [1.82, 2.24) is 25.1 Å². The summed E-state index contributed by atoms with van der Waals surface area (Å²) in [5, 5.41) is 8.00. The second kappa shape index (κ2) is 6.94. The molecule has 1 unspecified atom stereocenters. The van der Waals surface area contributed by atoms with Gasteiger partial charge < -0.3 is 10.2 Å². The van der Waals surface area contributed by atoms with E-state index >= 15 is 0 Å². The Bertz CT molecular complexity index is 1000. The highest BCUT2D eigenvalue weighted by Gasteiger charge is 2.25. The third kappa shape index (κ3) is 3.47. The van der Waals surface area contributed by atoms with E-state index in [9.17, 15) is 9.18 Å². The summed E-state index contributed by atoms with van der Waals surface area (Å²) < 4.78 is 15.3. The maximum absolute atomic E-state index is 13.7. The average molecular weight is 368 g/mol. The fourth-order valence-electron chi connectivity index (χ4n) is 3.64. The number of rotatable bonds is 3. The molecule has 3 aromatic rings. The van der Waals surface area contributed by atoms with Crippen molar-refractivity contribution in [3.8, 4) is 0 Å². The minimum absolute atomic E-state index is 0.0139. The largest absolute Gasteiger partial charge is 0.354 e. The van der Waals surface area contributed by atoms with Crippen LogP contribution in [-0.4, -0.2) is 44.8 Å². The van der Waals surface area contributed by atoms with Gasteiger partial charge in [0, 0.05) is 31.6 Å². The van der Waals surface area contributed by atoms with Gasteiger partial charge >= 0.3 is 0 Å². The van der Waals surface area contributed by atoms with Crippen LogP contribution in [0.1, 0.15) is 29.0 Å². The summed E-state index contributed by atoms with van der Waals surface area (Å²) in [4.78, 5) is 23.3. The molecule has 1 aliphatic rings. The zero-order chi connectivity index (χ0) is 19.0. The van der Waals surface area contributed by atoms with Crippen LogP contribution in [0.5, 0.6) is 0 Å². The third-order valence-electron chi connectivity index (χ3n) is 4.87. The van der Waals surface area contributed by atoms with Gasteiger partial charge in [-0.1, -0.05) is 0 Å². The van der Waals surface area contributed by atoms with Gasteiger partial charge in [0.05, 0.1) is 11.2 Å². The van der Waals surface area contributed by atoms with E-state index in [4.69, 9.17) is 0 Å². The summed E-state index contributed by atoms with van der Waals surface area (Å²) in [5.74, 6) is 0.255. The lowest BCUT2D eigenvalue weighted by Gasteiger charge is -2.34. The number of hydrogen-bond acceptors (Lipinski definition) is 5. The smallest absolute Gasteiger partial charge is 0.269 e. The van der Waals surface area contributed by atoms with Gasteiger partial charge in [0.25, 0.3) is 5.91 Å². The lowest BCUT2D eigenvalue weighted by atomic mass is 10.0. The fraction of sp³-hybridized carbons (Fsp3) is 0.368. The number of piperidine rings is 1. The van der Waals surface area contributed by atoms with Crippen LogP contribution in [0.15, 0.2) is 30.6 Å². The molecule has 1 aliphatic heterocycles. The quantitative estimate of drug-likeness (QED) is 0.767. The first-order valence-electron chi connectivity index (χ1n) is 8.98. The van der Waals surface area contributed by atoms with E-state index < -0.39 is 0 Å². The molecule has 7 nitrogen and oxygen atoms in total. The summed E-state index contributed by atoms with van der Waals surface area (Å²) >= 11 is 0. The number of carbonyl (C=O) groups is 1. The molecule has 1 saturated heterocycles. The van der Waals surface area contributed by atoms with Crippen molar-refractivity contribution in [3.63, 3.8) is 0 Å². The molecular weight excluding hydrogens is 347 g/mol. The number of benzene rings is 1. The highest BCUT2D eigenvalue weighted by molar-refractivity contribution is 5.93. The molecule has 1 aromatic carbocycles. The van der Waals surface area contributed by atoms with Gasteiger partial charge in [0.1, 0.15) is 23.7 Å². The molecular formula is C19H21FN6O. The Morgan fingerprint density at radius 1 is 1.30 bits per heavy atom. The molecule has 1 amide bonds. The second-order valence-electron chi connectivity index (χ2n) is 6.91. The third-order valence-corrected chi connectivity index (χ3v) is 4.87. The summed E-state index contributed by atoms with van der Waals surface area (Å²) in [5.41, 5.74) is 2.06. The molecule has 27 heavy (non-hydrogen) atoms. The van der Waals surface area contributed by atoms with Crippen LogP contribution in [0.25, 0.3) is 10.9 Å². The van der Waals surface area contributed by atoms with Crippen molar-refractivity contribution >= 4 is 22.6 Å². The lowest BCUT2D eigenvalue weighted by molar-refractivity contribution is 0.0923. The van der Waals surface area contributed by atoms with Crippen molar-refractivity contribution in [2.45, 2.75) is 25.8 Å². The lowest BCUT2D eigenvalue weighted by Crippen LogP contribution is -2.48. The fourth-order valence-corrected chi connectivity index (χ4v) is 3.64. The zero-order valence-electron chi connectivity index (χ0n) is 15.3. The normalized spacial score (nSPS) is 17.3. The number of hydrogen-bond donors (Lipinski definition) is 1. The van der Waals surface area contributed by atoms with E-state index in [1.54, 1.807) is 23.9 Å². The number of halogens is 1. The van der Waals surface area contributed by atoms with Crippen molar-refractivity contribution in [3.05, 3.63) is 47.8 Å². The van der Waals surface area contributed by atoms with Gasteiger partial charge in [-0.3, -0.25) is 9.48 Å². The molecule has 0 spiro atoms. The van der Waals surface area contributed by atoms with Crippen molar-refractivity contribution in [1.29, 1.82) is 0 Å². The molecule has 3 heterocycles. The number of amides is 1. The number of aryl methyl sites for hydroxylation is 2. The van der Waals surface area contributed by atoms with Gasteiger partial charge in [-0.15, -0.1) is 0 Å². The molecule has 2 aromatic heterocycles. The van der Waals surface area contributed by atoms with Gasteiger partial charge in [0.15, 0.2) is 0 Å². The molecule has 1 fully saturated rings. The van der Waals surface area contributed by atoms with Crippen LogP contribution in [0, 0.1) is 12.7 Å². The average Bonchev–Trinajstić information content (AvgIpc) is 2.99. The van der Waals surface area contributed by atoms with E-state index in [2.05, 4.69) is 25.3 Å². The van der Waals surface area contributed by atoms with E-state index in [0.717, 1.165) is 25.1 Å². The molecule has 0 bridgehead atoms. The number of fused-ring (bicyclic) bond motifs is 1. The Hall–Kier alpha value is -3.03. The molecule has 0 aliphatic carbocycles. The Balaban J connectivity index is 1.54. The van der Waals surface area contributed by atoms with Crippen LogP contribution in [0.2, 0.25) is 0 Å². The Morgan fingerprint density at radius 2 is 2.15 bits per heavy atom. The Kier molecular flexibility index (Phi) is 4.47. The van der Waals surface area contributed by atoms with Crippen LogP contribution in [-0.2, 0) is 7.05 Å². The number of nitrogens with one attached hydrogen (secondary N) is 1. The number of anilines is 1. The number of nitrogens with zero attached hydrogens (tertiary/aromatic N) is 5. The number of aromatic nitrogens is 4. The summed E-state index contributed by atoms with van der Waals surface area (Å²) in [7, 11) is 1.76. The maximum Gasteiger partial charge on any atom is 0.269 e. The van der Waals surface area contributed by atoms with Gasteiger partial charge in [0.2, 0.25) is 0 Å². The van der Waals surface area contributed by atoms with Crippen molar-refractivity contribution in [2.75, 3.05) is 18.0 Å². The van der Waals surface area contributed by atoms with Gasteiger partial charge in [-0.25, -0.2) is 14.4 Å². The molecule has 0 radical (unpaired) electrons. The molecule has 4 rings (SSSR count). The van der Waals surface area contributed by atoms with E-state index in [1.165, 1.54) is 18.5 Å². The molecule has 1 atom stereocenters. The first kappa shape index (κ1) is 17.4. The summed E-state index contributed by atoms with van der Waals surface area (Å²) in [6, 6.07) is 6.28. The van der Waals surface area contributed by atoms with Crippen LogP contribution in [0.4, 0.5) is 10.2 Å². The van der Waals surface area contributed by atoms with E-state index in [0.29, 0.717) is 29.0 Å². The molecule has 8 heteroatoms. The molecule has 0 saturated carbocycles. The molecule has 1 N–H and O–H groups in total. The minimum Gasteiger partial charge on any atom is -0.354 e. The van der Waals surface area contributed by atoms with Crippen molar-refractivity contribution in [2.24, 2.45) is 7.05 Å². The Morgan fingerprint density at radius 3 is 2.93 bits per heavy atom. The predicted molar refractivity (Wildman–Crippen MR) is 100 cm³/mol. The standard InChI is InChI=1S/C19H21FN6O/c1-12-8-17(25(2)24-12)19(27)23-14-4-3-7-26(10-14)18-15-9-13(20)5-6-16(15)21-11-22-18/h5-6,8-9,11,14H,3-4,7,10H2,1-2H3,(H,23,27). The highest BCUT2D eigenvalue weighted by Crippen LogP contribution is 2.26. The van der Waals surface area contributed by atoms with Crippen LogP contribution >= 0.6 is 0 Å². The Labute approximate surface area is 156 Å². The second-order valence-corrected chi connectivity index (χ2v) is 6.91. The first-order chi connectivity index (χ1) is 13.0. The maximum atomic E-state index is 13.7. The number of carbonyl (C=O) groups excluding carboxylic acids is 1. The highest BCUT2D eigenvalue weighted by atomic mass is 19.1. The first-order valence-corrected chi connectivity index (χ1v) is 8.98. The van der Waals surface area contributed by atoms with Crippen LogP contribution in [0.3, 0.4) is 0 Å². The van der Waals surface area contributed by atoms with Crippen LogP contribution < -0.4 is 10.2 Å². The van der Waals surface area contributed by atoms with Crippen molar-refractivity contribution < 1.29 is 9.18 Å². The predicted octanol–water partition coefficient (Wildman–Crippen LogP) is 2.21. The SMILES string of the molecule is Cc1cc(C(=O)NC2CCCN(c3ncnc4ccc(F)cc34)C2)n(C)n1. The van der Waals surface area contributed by atoms with E-state index in [1.807, 2.05) is 6.92 Å². The summed E-state index contributed by atoms with van der Waals surface area (Å²) in [6.45, 7) is 3.28. The van der Waals surface area contributed by atoms with E-state index in [-0.39, 0.29) is 17.8 Å². The minimum atomic E-state index is -0.313. The topological polar surface area (TPSA) is 75.9 Å².